The number of imidazole rings is 1. The summed E-state index contributed by atoms with van der Waals surface area (Å²) in [5, 5.41) is 0. The van der Waals surface area contributed by atoms with Gasteiger partial charge in [0, 0.05) is 55.1 Å². The molecule has 0 aromatic carbocycles. The first-order valence-corrected chi connectivity index (χ1v) is 8.92. The average molecular weight is 335 g/mol. The topological polar surface area (TPSA) is 46.3 Å². The summed E-state index contributed by atoms with van der Waals surface area (Å²) >= 11 is 0. The first-order valence-electron chi connectivity index (χ1n) is 8.92. The van der Waals surface area contributed by atoms with E-state index in [0.29, 0.717) is 0 Å². The Kier molecular flexibility index (Phi) is 3.84. The van der Waals surface area contributed by atoms with Gasteiger partial charge in [0.25, 0.3) is 0 Å². The first-order chi connectivity index (χ1) is 11.9. The van der Waals surface area contributed by atoms with Gasteiger partial charge in [-0.25, -0.2) is 15.0 Å². The van der Waals surface area contributed by atoms with E-state index in [9.17, 15) is 0 Å². The van der Waals surface area contributed by atoms with Crippen LogP contribution in [0.15, 0.2) is 30.6 Å². The zero-order valence-electron chi connectivity index (χ0n) is 15.5. The van der Waals surface area contributed by atoms with E-state index in [1.54, 1.807) is 0 Å². The van der Waals surface area contributed by atoms with Crippen LogP contribution in [0.3, 0.4) is 0 Å². The predicted molar refractivity (Wildman–Crippen MR) is 98.5 cm³/mol. The molecule has 0 fully saturated rings. The van der Waals surface area contributed by atoms with Crippen LogP contribution >= 0.6 is 0 Å². The molecule has 0 saturated carbocycles. The summed E-state index contributed by atoms with van der Waals surface area (Å²) in [6.07, 6.45) is 5.11. The molecular weight excluding hydrogens is 310 g/mol. The third kappa shape index (κ3) is 3.04. The Morgan fingerprint density at radius 2 is 2.00 bits per heavy atom. The van der Waals surface area contributed by atoms with Crippen LogP contribution < -0.4 is 0 Å². The predicted octanol–water partition coefficient (Wildman–Crippen LogP) is 3.29. The van der Waals surface area contributed by atoms with Gasteiger partial charge >= 0.3 is 0 Å². The summed E-state index contributed by atoms with van der Waals surface area (Å²) in [6.45, 7) is 11.4. The molecule has 0 saturated heterocycles. The second-order valence-electron chi connectivity index (χ2n) is 7.95. The number of aromatic nitrogens is 4. The number of hydrogen-bond donors (Lipinski definition) is 0. The Morgan fingerprint density at radius 1 is 1.16 bits per heavy atom. The van der Waals surface area contributed by atoms with Gasteiger partial charge in [-0.1, -0.05) is 26.8 Å². The average Bonchev–Trinajstić information content (AvgIpc) is 2.89. The van der Waals surface area contributed by atoms with E-state index in [-0.39, 0.29) is 5.41 Å². The highest BCUT2D eigenvalue weighted by Gasteiger charge is 2.23. The minimum absolute atomic E-state index is 0.000208. The van der Waals surface area contributed by atoms with Gasteiger partial charge in [0.05, 0.1) is 11.4 Å². The van der Waals surface area contributed by atoms with Crippen molar-refractivity contribution >= 4 is 5.65 Å². The monoisotopic (exact) mass is 335 g/mol. The maximum Gasteiger partial charge on any atom is 0.137 e. The molecular formula is C20H25N5. The van der Waals surface area contributed by atoms with Crippen molar-refractivity contribution in [1.29, 1.82) is 0 Å². The third-order valence-electron chi connectivity index (χ3n) is 4.89. The van der Waals surface area contributed by atoms with Crippen LogP contribution in [0, 0.1) is 6.92 Å². The molecule has 0 amide bonds. The standard InChI is InChI=1S/C20H25N5/c1-14-17(25-9-6-5-7-18(25)22-14)13-24-10-8-16-15(12-24)11-21-19(23-16)20(2,3)4/h5-7,9,11H,8,10,12-13H2,1-4H3. The lowest BCUT2D eigenvalue weighted by Crippen LogP contribution is -2.32. The molecule has 25 heavy (non-hydrogen) atoms. The maximum atomic E-state index is 4.83. The Hall–Kier alpha value is -2.27. The molecule has 5 heteroatoms. The van der Waals surface area contributed by atoms with Gasteiger partial charge in [-0.3, -0.25) is 4.90 Å². The van der Waals surface area contributed by atoms with Gasteiger partial charge < -0.3 is 4.40 Å². The smallest absolute Gasteiger partial charge is 0.137 e. The summed E-state index contributed by atoms with van der Waals surface area (Å²) in [6, 6.07) is 6.15. The Morgan fingerprint density at radius 3 is 2.80 bits per heavy atom. The molecule has 5 nitrogen and oxygen atoms in total. The minimum atomic E-state index is -0.000208. The molecule has 130 valence electrons. The van der Waals surface area contributed by atoms with Crippen LogP contribution in [-0.2, 0) is 24.9 Å². The van der Waals surface area contributed by atoms with Gasteiger partial charge in [-0.2, -0.15) is 0 Å². The molecule has 4 heterocycles. The SMILES string of the molecule is Cc1nc2ccccn2c1CN1CCc2nc(C(C)(C)C)ncc2C1. The number of pyridine rings is 1. The molecule has 0 spiro atoms. The second kappa shape index (κ2) is 5.92. The quantitative estimate of drug-likeness (QED) is 0.721. The van der Waals surface area contributed by atoms with Crippen LogP contribution in [0.25, 0.3) is 5.65 Å². The van der Waals surface area contributed by atoms with E-state index in [1.807, 2.05) is 12.3 Å². The maximum absolute atomic E-state index is 4.83. The van der Waals surface area contributed by atoms with Crippen LogP contribution in [0.1, 0.15) is 49.2 Å². The molecule has 3 aromatic rings. The fourth-order valence-corrected chi connectivity index (χ4v) is 3.44. The van der Waals surface area contributed by atoms with Crippen LogP contribution in [0.2, 0.25) is 0 Å². The van der Waals surface area contributed by atoms with Crippen molar-refractivity contribution in [3.8, 4) is 0 Å². The molecule has 0 aliphatic carbocycles. The van der Waals surface area contributed by atoms with E-state index in [4.69, 9.17) is 4.98 Å². The van der Waals surface area contributed by atoms with Crippen LogP contribution in [-0.4, -0.2) is 30.8 Å². The Bertz CT molecular complexity index is 919. The first kappa shape index (κ1) is 16.2. The summed E-state index contributed by atoms with van der Waals surface area (Å²) in [4.78, 5) is 16.6. The molecule has 1 aliphatic heterocycles. The van der Waals surface area contributed by atoms with Crippen molar-refractivity contribution in [3.05, 3.63) is 59.1 Å². The van der Waals surface area contributed by atoms with Gasteiger partial charge in [0.2, 0.25) is 0 Å². The highest BCUT2D eigenvalue weighted by molar-refractivity contribution is 5.42. The third-order valence-corrected chi connectivity index (χ3v) is 4.89. The highest BCUT2D eigenvalue weighted by atomic mass is 15.2. The lowest BCUT2D eigenvalue weighted by atomic mass is 9.95. The number of rotatable bonds is 2. The van der Waals surface area contributed by atoms with Crippen molar-refractivity contribution in [3.63, 3.8) is 0 Å². The van der Waals surface area contributed by atoms with Crippen molar-refractivity contribution in [2.45, 2.75) is 52.6 Å². The van der Waals surface area contributed by atoms with Crippen molar-refractivity contribution in [2.75, 3.05) is 6.54 Å². The van der Waals surface area contributed by atoms with E-state index >= 15 is 0 Å². The summed E-state index contributed by atoms with van der Waals surface area (Å²) in [5.74, 6) is 0.942. The largest absolute Gasteiger partial charge is 0.302 e. The van der Waals surface area contributed by atoms with Crippen molar-refractivity contribution < 1.29 is 0 Å². The highest BCUT2D eigenvalue weighted by Crippen LogP contribution is 2.24. The van der Waals surface area contributed by atoms with Crippen LogP contribution in [0.5, 0.6) is 0 Å². The molecule has 3 aromatic heterocycles. The van der Waals surface area contributed by atoms with Gasteiger partial charge in [-0.15, -0.1) is 0 Å². The zero-order valence-corrected chi connectivity index (χ0v) is 15.5. The minimum Gasteiger partial charge on any atom is -0.302 e. The Labute approximate surface area is 148 Å². The number of aryl methyl sites for hydroxylation is 1. The van der Waals surface area contributed by atoms with Crippen molar-refractivity contribution in [2.24, 2.45) is 0 Å². The fourth-order valence-electron chi connectivity index (χ4n) is 3.44. The summed E-state index contributed by atoms with van der Waals surface area (Å²) in [7, 11) is 0. The van der Waals surface area contributed by atoms with Gasteiger partial charge in [0.15, 0.2) is 0 Å². The number of fused-ring (bicyclic) bond motifs is 2. The Balaban J connectivity index is 1.57. The van der Waals surface area contributed by atoms with E-state index in [0.717, 1.165) is 43.2 Å². The summed E-state index contributed by atoms with van der Waals surface area (Å²) < 4.78 is 2.20. The lowest BCUT2D eigenvalue weighted by Gasteiger charge is -2.29. The second-order valence-corrected chi connectivity index (χ2v) is 7.95. The lowest BCUT2D eigenvalue weighted by molar-refractivity contribution is 0.238. The molecule has 4 rings (SSSR count). The molecule has 0 atom stereocenters. The normalized spacial score (nSPS) is 15.5. The van der Waals surface area contributed by atoms with E-state index in [2.05, 4.69) is 65.3 Å². The van der Waals surface area contributed by atoms with Gasteiger partial charge in [0.1, 0.15) is 11.5 Å². The van der Waals surface area contributed by atoms with E-state index < -0.39 is 0 Å². The van der Waals surface area contributed by atoms with Gasteiger partial charge in [-0.05, 0) is 19.1 Å². The molecule has 0 N–H and O–H groups in total. The molecule has 0 unspecified atom stereocenters. The molecule has 0 bridgehead atoms. The van der Waals surface area contributed by atoms with E-state index in [1.165, 1.54) is 17.0 Å². The van der Waals surface area contributed by atoms with Crippen LogP contribution in [0.4, 0.5) is 0 Å². The number of hydrogen-bond acceptors (Lipinski definition) is 4. The zero-order chi connectivity index (χ0) is 17.6. The number of nitrogens with zero attached hydrogens (tertiary/aromatic N) is 5. The van der Waals surface area contributed by atoms with Crippen molar-refractivity contribution in [1.82, 2.24) is 24.3 Å². The molecule has 1 aliphatic rings. The fraction of sp³-hybridized carbons (Fsp3) is 0.450. The molecule has 0 radical (unpaired) electrons. The summed E-state index contributed by atoms with van der Waals surface area (Å²) in [5.41, 5.74) is 5.87.